The minimum atomic E-state index is -0.133. The predicted molar refractivity (Wildman–Crippen MR) is 87.6 cm³/mol. The van der Waals surface area contributed by atoms with E-state index >= 15 is 0 Å². The van der Waals surface area contributed by atoms with Crippen molar-refractivity contribution in [3.63, 3.8) is 0 Å². The van der Waals surface area contributed by atoms with Crippen LogP contribution in [0.2, 0.25) is 0 Å². The zero-order chi connectivity index (χ0) is 16.0. The van der Waals surface area contributed by atoms with Crippen LogP contribution in [0.4, 0.5) is 0 Å². The highest BCUT2D eigenvalue weighted by Crippen LogP contribution is 2.36. The molecule has 2 unspecified atom stereocenters. The van der Waals surface area contributed by atoms with Crippen LogP contribution in [0.15, 0.2) is 6.20 Å². The molecule has 0 saturated carbocycles. The number of methoxy groups -OCH3 is 1. The molecule has 0 amide bonds. The highest BCUT2D eigenvalue weighted by molar-refractivity contribution is 5.30. The van der Waals surface area contributed by atoms with Gasteiger partial charge in [0.05, 0.1) is 25.0 Å². The number of ether oxygens (including phenoxy) is 1. The first-order valence-electron chi connectivity index (χ1n) is 8.10. The third-order valence-electron chi connectivity index (χ3n) is 4.67. The molecule has 122 valence electrons. The van der Waals surface area contributed by atoms with Crippen molar-refractivity contribution in [2.45, 2.75) is 65.6 Å². The average molecular weight is 296 g/mol. The van der Waals surface area contributed by atoms with Gasteiger partial charge >= 0.3 is 0 Å². The van der Waals surface area contributed by atoms with Gasteiger partial charge in [-0.25, -0.2) is 0 Å². The first kappa shape index (κ1) is 18.0. The fourth-order valence-corrected chi connectivity index (χ4v) is 3.12. The lowest BCUT2D eigenvalue weighted by Crippen LogP contribution is -2.53. The lowest BCUT2D eigenvalue weighted by atomic mass is 9.85. The minimum absolute atomic E-state index is 0.109. The summed E-state index contributed by atoms with van der Waals surface area (Å²) in [6.07, 6.45) is 3.79. The molecule has 0 bridgehead atoms. The Labute approximate surface area is 129 Å². The van der Waals surface area contributed by atoms with E-state index in [9.17, 15) is 0 Å². The summed E-state index contributed by atoms with van der Waals surface area (Å²) in [6, 6.07) is -0.133. The van der Waals surface area contributed by atoms with E-state index in [1.54, 1.807) is 13.3 Å². The Morgan fingerprint density at radius 2 is 1.95 bits per heavy atom. The number of likely N-dealkylation sites (N-methyl/N-ethyl adjacent to an activating group) is 1. The molecule has 0 spiro atoms. The molecule has 0 aliphatic rings. The van der Waals surface area contributed by atoms with Crippen molar-refractivity contribution in [3.05, 3.63) is 11.9 Å². The van der Waals surface area contributed by atoms with Gasteiger partial charge in [0.15, 0.2) is 5.75 Å². The summed E-state index contributed by atoms with van der Waals surface area (Å²) < 4.78 is 7.50. The molecule has 1 aromatic rings. The lowest BCUT2D eigenvalue weighted by molar-refractivity contribution is 0.0803. The molecule has 5 nitrogen and oxygen atoms in total. The number of aromatic nitrogens is 2. The summed E-state index contributed by atoms with van der Waals surface area (Å²) >= 11 is 0. The molecule has 1 heterocycles. The van der Waals surface area contributed by atoms with Crippen molar-refractivity contribution in [2.75, 3.05) is 20.2 Å². The van der Waals surface area contributed by atoms with Crippen molar-refractivity contribution in [2.24, 2.45) is 5.73 Å². The van der Waals surface area contributed by atoms with Gasteiger partial charge in [-0.2, -0.15) is 5.10 Å². The molecule has 0 aliphatic heterocycles. The second-order valence-corrected chi connectivity index (χ2v) is 5.68. The molecular formula is C16H32N4O. The quantitative estimate of drug-likeness (QED) is 0.761. The van der Waals surface area contributed by atoms with E-state index in [1.807, 2.05) is 4.68 Å². The Morgan fingerprint density at radius 1 is 1.33 bits per heavy atom. The number of hydrogen-bond donors (Lipinski definition) is 1. The maximum atomic E-state index is 6.71. The number of nitrogens with two attached hydrogens (primary N) is 1. The molecule has 0 fully saturated rings. The number of hydrogen-bond acceptors (Lipinski definition) is 4. The minimum Gasteiger partial charge on any atom is -0.493 e. The SMILES string of the molecule is CCCn1ncc(OC)c1C(N)C(C)(CC)N(CC)CC. The zero-order valence-corrected chi connectivity index (χ0v) is 14.5. The summed E-state index contributed by atoms with van der Waals surface area (Å²) in [5.74, 6) is 0.794. The summed E-state index contributed by atoms with van der Waals surface area (Å²) in [5.41, 5.74) is 7.61. The van der Waals surface area contributed by atoms with Gasteiger partial charge < -0.3 is 10.5 Å². The molecule has 0 saturated heterocycles. The topological polar surface area (TPSA) is 56.3 Å². The van der Waals surface area contributed by atoms with Crippen LogP contribution in [0.1, 0.15) is 59.2 Å². The fourth-order valence-electron chi connectivity index (χ4n) is 3.12. The standard InChI is InChI=1S/C16H32N4O/c1-7-11-20-14(13(21-6)12-18-20)15(17)16(5,8-2)19(9-3)10-4/h12,15H,7-11,17H2,1-6H3. The molecule has 2 atom stereocenters. The highest BCUT2D eigenvalue weighted by atomic mass is 16.5. The van der Waals surface area contributed by atoms with Crippen LogP contribution < -0.4 is 10.5 Å². The summed E-state index contributed by atoms with van der Waals surface area (Å²) in [5, 5.41) is 4.45. The van der Waals surface area contributed by atoms with E-state index in [4.69, 9.17) is 10.5 Å². The molecule has 1 rings (SSSR count). The van der Waals surface area contributed by atoms with Crippen molar-refractivity contribution in [1.29, 1.82) is 0 Å². The highest BCUT2D eigenvalue weighted by Gasteiger charge is 2.39. The third kappa shape index (κ3) is 3.40. The van der Waals surface area contributed by atoms with Crippen LogP contribution in [0.25, 0.3) is 0 Å². The lowest BCUT2D eigenvalue weighted by Gasteiger charge is -2.44. The van der Waals surface area contributed by atoms with Gasteiger partial charge in [-0.1, -0.05) is 27.7 Å². The zero-order valence-electron chi connectivity index (χ0n) is 14.5. The van der Waals surface area contributed by atoms with Crippen molar-refractivity contribution < 1.29 is 4.74 Å². The van der Waals surface area contributed by atoms with Gasteiger partial charge in [0, 0.05) is 12.1 Å². The number of nitrogens with zero attached hydrogens (tertiary/aromatic N) is 3. The Balaban J connectivity index is 3.26. The Kier molecular flexibility index (Phi) is 6.68. The molecular weight excluding hydrogens is 264 g/mol. The summed E-state index contributed by atoms with van der Waals surface area (Å²) in [6.45, 7) is 13.8. The first-order chi connectivity index (χ1) is 9.99. The van der Waals surface area contributed by atoms with E-state index in [2.05, 4.69) is 44.6 Å². The number of rotatable bonds is 9. The van der Waals surface area contributed by atoms with E-state index in [1.165, 1.54) is 0 Å². The normalized spacial score (nSPS) is 16.0. The van der Waals surface area contributed by atoms with E-state index in [-0.39, 0.29) is 11.6 Å². The van der Waals surface area contributed by atoms with Crippen LogP contribution in [0.3, 0.4) is 0 Å². The van der Waals surface area contributed by atoms with Gasteiger partial charge in [-0.05, 0) is 32.9 Å². The average Bonchev–Trinajstić information content (AvgIpc) is 2.90. The Morgan fingerprint density at radius 3 is 2.38 bits per heavy atom. The van der Waals surface area contributed by atoms with Crippen molar-refractivity contribution >= 4 is 0 Å². The van der Waals surface area contributed by atoms with Crippen LogP contribution in [0.5, 0.6) is 5.75 Å². The largest absolute Gasteiger partial charge is 0.493 e. The Bertz CT molecular complexity index is 428. The molecule has 1 aromatic heterocycles. The van der Waals surface area contributed by atoms with Crippen LogP contribution in [-0.2, 0) is 6.54 Å². The van der Waals surface area contributed by atoms with E-state index < -0.39 is 0 Å². The van der Waals surface area contributed by atoms with Crippen LogP contribution in [-0.4, -0.2) is 40.4 Å². The summed E-state index contributed by atoms with van der Waals surface area (Å²) in [7, 11) is 1.68. The molecule has 2 N–H and O–H groups in total. The van der Waals surface area contributed by atoms with Crippen molar-refractivity contribution in [1.82, 2.24) is 14.7 Å². The maximum absolute atomic E-state index is 6.71. The fraction of sp³-hybridized carbons (Fsp3) is 0.812. The van der Waals surface area contributed by atoms with Gasteiger partial charge in [-0.15, -0.1) is 0 Å². The van der Waals surface area contributed by atoms with Gasteiger partial charge in [-0.3, -0.25) is 9.58 Å². The van der Waals surface area contributed by atoms with Gasteiger partial charge in [0.1, 0.15) is 0 Å². The molecule has 21 heavy (non-hydrogen) atoms. The molecule has 0 radical (unpaired) electrons. The van der Waals surface area contributed by atoms with Gasteiger partial charge in [0.2, 0.25) is 0 Å². The summed E-state index contributed by atoms with van der Waals surface area (Å²) in [4.78, 5) is 2.43. The second kappa shape index (κ2) is 7.80. The molecule has 0 aromatic carbocycles. The maximum Gasteiger partial charge on any atom is 0.161 e. The monoisotopic (exact) mass is 296 g/mol. The van der Waals surface area contributed by atoms with E-state index in [0.717, 1.165) is 43.9 Å². The second-order valence-electron chi connectivity index (χ2n) is 5.68. The third-order valence-corrected chi connectivity index (χ3v) is 4.67. The van der Waals surface area contributed by atoms with Crippen molar-refractivity contribution in [3.8, 4) is 5.75 Å². The van der Waals surface area contributed by atoms with Crippen LogP contribution in [0, 0.1) is 0 Å². The van der Waals surface area contributed by atoms with Gasteiger partial charge in [0.25, 0.3) is 0 Å². The first-order valence-corrected chi connectivity index (χ1v) is 8.10. The Hall–Kier alpha value is -1.07. The molecule has 5 heteroatoms. The van der Waals surface area contributed by atoms with Crippen LogP contribution >= 0.6 is 0 Å². The molecule has 0 aliphatic carbocycles. The number of aryl methyl sites for hydroxylation is 1. The van der Waals surface area contributed by atoms with E-state index in [0.29, 0.717) is 0 Å². The predicted octanol–water partition coefficient (Wildman–Crippen LogP) is 2.81. The smallest absolute Gasteiger partial charge is 0.161 e.